The molecule has 0 saturated carbocycles. The van der Waals surface area contributed by atoms with Gasteiger partial charge in [-0.05, 0) is 82.1 Å². The molecule has 2 fully saturated rings. The molecule has 2 saturated heterocycles. The van der Waals surface area contributed by atoms with Crippen LogP contribution in [0.3, 0.4) is 0 Å². The fourth-order valence-electron chi connectivity index (χ4n) is 4.51. The van der Waals surface area contributed by atoms with Crippen LogP contribution in [0.4, 0.5) is 0 Å². The second-order valence-corrected chi connectivity index (χ2v) is 10.7. The van der Waals surface area contributed by atoms with Crippen LogP contribution in [0, 0.1) is 33.6 Å². The first-order chi connectivity index (χ1) is 14.6. The van der Waals surface area contributed by atoms with Gasteiger partial charge in [-0.1, -0.05) is 6.07 Å². The molecule has 0 unspecified atom stereocenters. The predicted octanol–water partition coefficient (Wildman–Crippen LogP) is 2.88. The van der Waals surface area contributed by atoms with Gasteiger partial charge >= 0.3 is 5.97 Å². The third kappa shape index (κ3) is 5.12. The van der Waals surface area contributed by atoms with Gasteiger partial charge in [0.1, 0.15) is 0 Å². The SMILES string of the molecule is Cc1cc(C)c(C)c(S(=O)(=O)N2CCC(C(=O)OCC(=O)N3CCCCC3)CC2)c1C. The molecule has 1 aromatic carbocycles. The van der Waals surface area contributed by atoms with Crippen molar-refractivity contribution in [3.8, 4) is 0 Å². The van der Waals surface area contributed by atoms with E-state index in [1.165, 1.54) is 4.31 Å². The van der Waals surface area contributed by atoms with E-state index in [0.717, 1.165) is 54.6 Å². The highest BCUT2D eigenvalue weighted by molar-refractivity contribution is 7.89. The molecule has 2 heterocycles. The average Bonchev–Trinajstić information content (AvgIpc) is 2.76. The van der Waals surface area contributed by atoms with E-state index in [4.69, 9.17) is 4.74 Å². The first kappa shape index (κ1) is 23.7. The van der Waals surface area contributed by atoms with Crippen LogP contribution in [0.2, 0.25) is 0 Å². The van der Waals surface area contributed by atoms with Gasteiger partial charge in [0.25, 0.3) is 5.91 Å². The van der Waals surface area contributed by atoms with Crippen molar-refractivity contribution in [3.05, 3.63) is 28.3 Å². The standard InChI is InChI=1S/C23H34N2O5S/c1-16-14-17(2)19(4)22(18(16)3)31(28,29)25-12-8-20(9-13-25)23(27)30-15-21(26)24-10-6-5-7-11-24/h14,20H,5-13,15H2,1-4H3. The summed E-state index contributed by atoms with van der Waals surface area (Å²) in [4.78, 5) is 26.8. The number of esters is 1. The maximum absolute atomic E-state index is 13.4. The number of hydrogen-bond donors (Lipinski definition) is 0. The number of carbonyl (C=O) groups is 2. The fraction of sp³-hybridized carbons (Fsp3) is 0.652. The summed E-state index contributed by atoms with van der Waals surface area (Å²) in [5.74, 6) is -0.919. The maximum atomic E-state index is 13.4. The van der Waals surface area contributed by atoms with Crippen molar-refractivity contribution in [1.29, 1.82) is 0 Å². The number of piperidine rings is 2. The topological polar surface area (TPSA) is 84.0 Å². The molecule has 8 heteroatoms. The summed E-state index contributed by atoms with van der Waals surface area (Å²) < 4.78 is 33.5. The van der Waals surface area contributed by atoms with Crippen molar-refractivity contribution >= 4 is 21.9 Å². The van der Waals surface area contributed by atoms with Crippen LogP contribution in [-0.2, 0) is 24.3 Å². The van der Waals surface area contributed by atoms with Crippen molar-refractivity contribution < 1.29 is 22.7 Å². The van der Waals surface area contributed by atoms with Crippen LogP contribution in [0.15, 0.2) is 11.0 Å². The molecule has 0 aromatic heterocycles. The Hall–Kier alpha value is -1.93. The molecule has 0 radical (unpaired) electrons. The molecule has 3 rings (SSSR count). The normalized spacial score (nSPS) is 18.8. The number of aryl methyl sites for hydroxylation is 2. The van der Waals surface area contributed by atoms with E-state index < -0.39 is 16.0 Å². The molecule has 2 aliphatic rings. The largest absolute Gasteiger partial charge is 0.455 e. The molecule has 0 aliphatic carbocycles. The predicted molar refractivity (Wildman–Crippen MR) is 118 cm³/mol. The molecular weight excluding hydrogens is 416 g/mol. The molecule has 0 spiro atoms. The summed E-state index contributed by atoms with van der Waals surface area (Å²) in [6.45, 7) is 9.31. The lowest BCUT2D eigenvalue weighted by atomic mass is 9.98. The quantitative estimate of drug-likeness (QED) is 0.644. The average molecular weight is 451 g/mol. The third-order valence-corrected chi connectivity index (χ3v) is 8.90. The number of nitrogens with zero attached hydrogens (tertiary/aromatic N) is 2. The number of carbonyl (C=O) groups excluding carboxylic acids is 2. The second kappa shape index (κ2) is 9.69. The number of amides is 1. The zero-order valence-electron chi connectivity index (χ0n) is 19.1. The highest BCUT2D eigenvalue weighted by atomic mass is 32.2. The number of likely N-dealkylation sites (tertiary alicyclic amines) is 1. The Morgan fingerprint density at radius 1 is 0.935 bits per heavy atom. The summed E-state index contributed by atoms with van der Waals surface area (Å²) in [6.07, 6.45) is 3.92. The van der Waals surface area contributed by atoms with E-state index in [9.17, 15) is 18.0 Å². The van der Waals surface area contributed by atoms with Gasteiger partial charge in [0.2, 0.25) is 10.0 Å². The number of ether oxygens (including phenoxy) is 1. The molecule has 2 aliphatic heterocycles. The summed E-state index contributed by atoms with van der Waals surface area (Å²) in [5.41, 5.74) is 3.47. The Kier molecular flexibility index (Phi) is 7.42. The number of hydrogen-bond acceptors (Lipinski definition) is 5. The van der Waals surface area contributed by atoms with Crippen LogP contribution in [0.1, 0.15) is 54.4 Å². The fourth-order valence-corrected chi connectivity index (χ4v) is 6.56. The Morgan fingerprint density at radius 2 is 1.48 bits per heavy atom. The first-order valence-electron chi connectivity index (χ1n) is 11.1. The van der Waals surface area contributed by atoms with Gasteiger partial charge in [-0.25, -0.2) is 8.42 Å². The van der Waals surface area contributed by atoms with Gasteiger partial charge in [-0.15, -0.1) is 0 Å². The highest BCUT2D eigenvalue weighted by Gasteiger charge is 2.35. The van der Waals surface area contributed by atoms with Gasteiger partial charge in [-0.3, -0.25) is 9.59 Å². The maximum Gasteiger partial charge on any atom is 0.309 e. The van der Waals surface area contributed by atoms with Crippen molar-refractivity contribution in [1.82, 2.24) is 9.21 Å². The molecule has 0 N–H and O–H groups in total. The Morgan fingerprint density at radius 3 is 2.03 bits per heavy atom. The van der Waals surface area contributed by atoms with Gasteiger partial charge in [-0.2, -0.15) is 4.31 Å². The van der Waals surface area contributed by atoms with Gasteiger partial charge < -0.3 is 9.64 Å². The van der Waals surface area contributed by atoms with Gasteiger partial charge in [0, 0.05) is 26.2 Å². The number of sulfonamides is 1. The molecule has 0 bridgehead atoms. The minimum atomic E-state index is -3.64. The first-order valence-corrected chi connectivity index (χ1v) is 12.6. The van der Waals surface area contributed by atoms with Crippen LogP contribution in [0.25, 0.3) is 0 Å². The molecule has 1 aromatic rings. The van der Waals surface area contributed by atoms with Crippen molar-refractivity contribution in [2.75, 3.05) is 32.8 Å². The molecule has 7 nitrogen and oxygen atoms in total. The van der Waals surface area contributed by atoms with Crippen molar-refractivity contribution in [2.45, 2.75) is 64.7 Å². The van der Waals surface area contributed by atoms with Crippen LogP contribution in [-0.4, -0.2) is 62.3 Å². The number of benzene rings is 1. The van der Waals surface area contributed by atoms with E-state index >= 15 is 0 Å². The smallest absolute Gasteiger partial charge is 0.309 e. The van der Waals surface area contributed by atoms with Crippen LogP contribution < -0.4 is 0 Å². The lowest BCUT2D eigenvalue weighted by molar-refractivity contribution is -0.156. The molecule has 172 valence electrons. The van der Waals surface area contributed by atoms with Crippen molar-refractivity contribution in [2.24, 2.45) is 5.92 Å². The Bertz CT molecular complexity index is 917. The van der Waals surface area contributed by atoms with Crippen molar-refractivity contribution in [3.63, 3.8) is 0 Å². The monoisotopic (exact) mass is 450 g/mol. The second-order valence-electron chi connectivity index (χ2n) is 8.82. The zero-order chi connectivity index (χ0) is 22.8. The molecule has 0 atom stereocenters. The Balaban J connectivity index is 1.59. The lowest BCUT2D eigenvalue weighted by Gasteiger charge is -2.31. The van der Waals surface area contributed by atoms with E-state index in [2.05, 4.69) is 0 Å². The zero-order valence-corrected chi connectivity index (χ0v) is 19.9. The molecule has 1 amide bonds. The van der Waals surface area contributed by atoms with Gasteiger partial charge in [0.05, 0.1) is 10.8 Å². The van der Waals surface area contributed by atoms with Crippen LogP contribution >= 0.6 is 0 Å². The number of rotatable bonds is 5. The van der Waals surface area contributed by atoms with Crippen LogP contribution in [0.5, 0.6) is 0 Å². The Labute approximate surface area is 185 Å². The van der Waals surface area contributed by atoms with E-state index in [0.29, 0.717) is 17.7 Å². The van der Waals surface area contributed by atoms with Gasteiger partial charge in [0.15, 0.2) is 6.61 Å². The summed E-state index contributed by atoms with van der Waals surface area (Å²) in [7, 11) is -3.64. The highest BCUT2D eigenvalue weighted by Crippen LogP contribution is 2.31. The third-order valence-electron chi connectivity index (χ3n) is 6.73. The molecule has 31 heavy (non-hydrogen) atoms. The summed E-state index contributed by atoms with van der Waals surface area (Å²) in [5, 5.41) is 0. The lowest BCUT2D eigenvalue weighted by Crippen LogP contribution is -2.42. The minimum Gasteiger partial charge on any atom is -0.455 e. The van der Waals surface area contributed by atoms with E-state index in [1.807, 2.05) is 33.8 Å². The summed E-state index contributed by atoms with van der Waals surface area (Å²) >= 11 is 0. The van der Waals surface area contributed by atoms with E-state index in [-0.39, 0.29) is 31.5 Å². The minimum absolute atomic E-state index is 0.145. The van der Waals surface area contributed by atoms with E-state index in [1.54, 1.807) is 4.90 Å². The summed E-state index contributed by atoms with van der Waals surface area (Å²) in [6, 6.07) is 2.01. The molecular formula is C23H34N2O5S.